The molecule has 4 aromatic rings. The number of aromatic nitrogens is 2. The number of fused-ring (bicyclic) bond motifs is 1. The summed E-state index contributed by atoms with van der Waals surface area (Å²) in [7, 11) is 0. The predicted octanol–water partition coefficient (Wildman–Crippen LogP) is 7.04. The zero-order valence-corrected chi connectivity index (χ0v) is 23.0. The number of hydrogen-bond acceptors (Lipinski definition) is 6. The van der Waals surface area contributed by atoms with Gasteiger partial charge in [-0.05, 0) is 100 Å². The van der Waals surface area contributed by atoms with Gasteiger partial charge in [-0.2, -0.15) is 13.2 Å². The van der Waals surface area contributed by atoms with Gasteiger partial charge in [0.2, 0.25) is 0 Å². The second kappa shape index (κ2) is 12.8. The summed E-state index contributed by atoms with van der Waals surface area (Å²) >= 11 is 1.76. The highest BCUT2D eigenvalue weighted by molar-refractivity contribution is 7.19. The van der Waals surface area contributed by atoms with Gasteiger partial charge in [-0.15, -0.1) is 11.3 Å². The molecule has 0 unspecified atom stereocenters. The van der Waals surface area contributed by atoms with Crippen molar-refractivity contribution in [1.29, 1.82) is 0 Å². The molecule has 2 N–H and O–H groups in total. The molecule has 3 heterocycles. The number of nitrogens with one attached hydrogen (secondary N) is 2. The predicted molar refractivity (Wildman–Crippen MR) is 154 cm³/mol. The van der Waals surface area contributed by atoms with E-state index in [1.165, 1.54) is 62.3 Å². The lowest BCUT2D eigenvalue weighted by atomic mass is 10.1. The Morgan fingerprint density at radius 2 is 1.77 bits per heavy atom. The largest absolute Gasteiger partial charge is 0.416 e. The average molecular weight is 568 g/mol. The average Bonchev–Trinajstić information content (AvgIpc) is 3.62. The smallest absolute Gasteiger partial charge is 0.368 e. The van der Waals surface area contributed by atoms with Crippen LogP contribution in [0.2, 0.25) is 0 Å². The first-order valence-electron chi connectivity index (χ1n) is 13.6. The van der Waals surface area contributed by atoms with Gasteiger partial charge in [0.05, 0.1) is 15.8 Å². The molecule has 40 heavy (non-hydrogen) atoms. The number of aryl methyl sites for hydroxylation is 1. The van der Waals surface area contributed by atoms with Crippen LogP contribution < -0.4 is 10.6 Å². The van der Waals surface area contributed by atoms with Crippen molar-refractivity contribution in [2.45, 2.75) is 44.7 Å². The Balaban J connectivity index is 1.11. The van der Waals surface area contributed by atoms with E-state index < -0.39 is 17.6 Å². The van der Waals surface area contributed by atoms with Crippen molar-refractivity contribution < 1.29 is 18.0 Å². The number of carbonyl (C=O) groups excluding carboxylic acids is 1. The number of alkyl halides is 3. The number of unbranched alkanes of at least 4 members (excludes halogenated alkanes) is 1. The molecule has 2 aromatic carbocycles. The Morgan fingerprint density at radius 3 is 2.55 bits per heavy atom. The van der Waals surface area contributed by atoms with Crippen LogP contribution in [0.1, 0.15) is 52.0 Å². The quantitative estimate of drug-likeness (QED) is 0.190. The molecule has 1 fully saturated rings. The monoisotopic (exact) mass is 567 g/mol. The minimum absolute atomic E-state index is 0.0434. The highest BCUT2D eigenvalue weighted by Gasteiger charge is 2.30. The first kappa shape index (κ1) is 28.0. The standard InChI is InChI=1S/C30H32F3N5OS/c31-30(32,33)23-7-5-6-22(18-23)29(39)37-24-11-9-21(10-12-24)13-14-34-28-27-26(35-20-36-28)19-25(40-27)8-1-2-15-38-16-3-4-17-38/h5-7,9-12,18-20H,1-4,8,13-17H2,(H,37,39)(H,34,35,36). The molecule has 5 rings (SSSR count). The number of hydrogen-bond donors (Lipinski definition) is 2. The van der Waals surface area contributed by atoms with Crippen LogP contribution in [-0.2, 0) is 19.0 Å². The van der Waals surface area contributed by atoms with Crippen molar-refractivity contribution in [3.8, 4) is 0 Å². The number of rotatable bonds is 11. The molecular formula is C30H32F3N5OS. The third-order valence-electron chi connectivity index (χ3n) is 7.08. The van der Waals surface area contributed by atoms with Gasteiger partial charge in [0.1, 0.15) is 12.1 Å². The molecule has 1 saturated heterocycles. The molecule has 0 bridgehead atoms. The molecule has 10 heteroatoms. The summed E-state index contributed by atoms with van der Waals surface area (Å²) in [6.07, 6.45) is 3.96. The Hall–Kier alpha value is -3.50. The van der Waals surface area contributed by atoms with Crippen molar-refractivity contribution >= 4 is 39.0 Å². The zero-order valence-electron chi connectivity index (χ0n) is 22.1. The summed E-state index contributed by atoms with van der Waals surface area (Å²) in [5.74, 6) is 0.249. The van der Waals surface area contributed by atoms with Crippen LogP contribution >= 0.6 is 11.3 Å². The topological polar surface area (TPSA) is 70.1 Å². The first-order chi connectivity index (χ1) is 19.3. The van der Waals surface area contributed by atoms with Crippen LogP contribution in [0.3, 0.4) is 0 Å². The lowest BCUT2D eigenvalue weighted by Crippen LogP contribution is -2.20. The van der Waals surface area contributed by atoms with Crippen LogP contribution in [0.4, 0.5) is 24.7 Å². The van der Waals surface area contributed by atoms with E-state index >= 15 is 0 Å². The van der Waals surface area contributed by atoms with Gasteiger partial charge < -0.3 is 15.5 Å². The van der Waals surface area contributed by atoms with Gasteiger partial charge in [0.15, 0.2) is 0 Å². The van der Waals surface area contributed by atoms with E-state index in [0.717, 1.165) is 46.6 Å². The van der Waals surface area contributed by atoms with E-state index in [-0.39, 0.29) is 5.56 Å². The lowest BCUT2D eigenvalue weighted by Gasteiger charge is -2.13. The van der Waals surface area contributed by atoms with E-state index in [1.807, 2.05) is 12.1 Å². The maximum atomic E-state index is 12.9. The highest BCUT2D eigenvalue weighted by atomic mass is 32.1. The van der Waals surface area contributed by atoms with E-state index in [9.17, 15) is 18.0 Å². The molecule has 0 saturated carbocycles. The molecule has 1 aliphatic rings. The van der Waals surface area contributed by atoms with Gasteiger partial charge >= 0.3 is 6.18 Å². The fourth-order valence-electron chi connectivity index (χ4n) is 4.91. The lowest BCUT2D eigenvalue weighted by molar-refractivity contribution is -0.137. The molecule has 210 valence electrons. The van der Waals surface area contributed by atoms with Gasteiger partial charge in [0, 0.05) is 22.7 Å². The number of benzene rings is 2. The van der Waals surface area contributed by atoms with Crippen LogP contribution in [0.25, 0.3) is 10.2 Å². The number of carbonyl (C=O) groups is 1. The normalized spacial score (nSPS) is 14.1. The molecule has 0 atom stereocenters. The molecule has 0 spiro atoms. The summed E-state index contributed by atoms with van der Waals surface area (Å²) in [5, 5.41) is 6.09. The second-order valence-corrected chi connectivity index (χ2v) is 11.2. The van der Waals surface area contributed by atoms with Gasteiger partial charge in [-0.1, -0.05) is 18.2 Å². The van der Waals surface area contributed by atoms with Crippen LogP contribution in [-0.4, -0.2) is 47.0 Å². The molecule has 0 aliphatic carbocycles. The van der Waals surface area contributed by atoms with Crippen molar-refractivity contribution in [3.05, 3.63) is 82.5 Å². The third kappa shape index (κ3) is 7.37. The Morgan fingerprint density at radius 1 is 0.975 bits per heavy atom. The zero-order chi connectivity index (χ0) is 28.0. The summed E-state index contributed by atoms with van der Waals surface area (Å²) < 4.78 is 39.9. The molecule has 2 aromatic heterocycles. The van der Waals surface area contributed by atoms with E-state index in [2.05, 4.69) is 31.6 Å². The molecule has 1 aliphatic heterocycles. The SMILES string of the molecule is O=C(Nc1ccc(CCNc2ncnc3cc(CCCCN4CCCC4)sc23)cc1)c1cccc(C(F)(F)F)c1. The van der Waals surface area contributed by atoms with Gasteiger partial charge in [-0.3, -0.25) is 4.79 Å². The summed E-state index contributed by atoms with van der Waals surface area (Å²) in [5.41, 5.74) is 1.65. The number of anilines is 2. The highest BCUT2D eigenvalue weighted by Crippen LogP contribution is 2.31. The van der Waals surface area contributed by atoms with Gasteiger partial charge in [-0.25, -0.2) is 9.97 Å². The van der Waals surface area contributed by atoms with Gasteiger partial charge in [0.25, 0.3) is 5.91 Å². The van der Waals surface area contributed by atoms with E-state index in [0.29, 0.717) is 12.2 Å². The van der Waals surface area contributed by atoms with Crippen LogP contribution in [0, 0.1) is 0 Å². The Labute approximate surface area is 235 Å². The number of thiophene rings is 1. The van der Waals surface area contributed by atoms with Crippen molar-refractivity contribution in [2.24, 2.45) is 0 Å². The van der Waals surface area contributed by atoms with Crippen molar-refractivity contribution in [3.63, 3.8) is 0 Å². The third-order valence-corrected chi connectivity index (χ3v) is 8.27. The molecule has 0 radical (unpaired) electrons. The Bertz CT molecular complexity index is 1430. The number of amides is 1. The summed E-state index contributed by atoms with van der Waals surface area (Å²) in [6.45, 7) is 4.36. The first-order valence-corrected chi connectivity index (χ1v) is 14.4. The fourth-order valence-corrected chi connectivity index (χ4v) is 6.03. The minimum atomic E-state index is -4.50. The maximum Gasteiger partial charge on any atom is 0.416 e. The Kier molecular flexibility index (Phi) is 8.96. The molecule has 6 nitrogen and oxygen atoms in total. The molecule has 1 amide bonds. The maximum absolute atomic E-state index is 12.9. The van der Waals surface area contributed by atoms with E-state index in [1.54, 1.807) is 29.8 Å². The fraction of sp³-hybridized carbons (Fsp3) is 0.367. The van der Waals surface area contributed by atoms with E-state index in [4.69, 9.17) is 0 Å². The van der Waals surface area contributed by atoms with Crippen molar-refractivity contribution in [2.75, 3.05) is 36.8 Å². The summed E-state index contributed by atoms with van der Waals surface area (Å²) in [6, 6.07) is 13.8. The van der Waals surface area contributed by atoms with Crippen LogP contribution in [0.5, 0.6) is 0 Å². The number of nitrogens with zero attached hydrogens (tertiary/aromatic N) is 3. The minimum Gasteiger partial charge on any atom is -0.368 e. The number of halogens is 3. The number of likely N-dealkylation sites (tertiary alicyclic amines) is 1. The van der Waals surface area contributed by atoms with Crippen molar-refractivity contribution in [1.82, 2.24) is 14.9 Å². The second-order valence-electron chi connectivity index (χ2n) is 10.1. The van der Waals surface area contributed by atoms with Crippen LogP contribution in [0.15, 0.2) is 60.9 Å². The summed E-state index contributed by atoms with van der Waals surface area (Å²) in [4.78, 5) is 25.3. The molecular weight excluding hydrogens is 535 g/mol.